The molecular formula is C10H16S. The van der Waals surface area contributed by atoms with Crippen molar-refractivity contribution < 1.29 is 0 Å². The highest BCUT2D eigenvalue weighted by atomic mass is 32.2. The lowest BCUT2D eigenvalue weighted by molar-refractivity contribution is 1.18. The van der Waals surface area contributed by atoms with Crippen LogP contribution in [0.3, 0.4) is 0 Å². The number of rotatable bonds is 6. The molecule has 0 nitrogen and oxygen atoms in total. The molecule has 0 aliphatic carbocycles. The molecule has 0 fully saturated rings. The van der Waals surface area contributed by atoms with E-state index in [0.29, 0.717) is 0 Å². The van der Waals surface area contributed by atoms with E-state index >= 15 is 0 Å². The Bertz CT molecular complexity index is 145. The number of hydrogen-bond donors (Lipinski definition) is 0. The van der Waals surface area contributed by atoms with Crippen molar-refractivity contribution in [3.63, 3.8) is 0 Å². The van der Waals surface area contributed by atoms with Gasteiger partial charge in [0, 0.05) is 5.75 Å². The van der Waals surface area contributed by atoms with Crippen molar-refractivity contribution in [2.45, 2.75) is 13.3 Å². The van der Waals surface area contributed by atoms with Gasteiger partial charge in [0.25, 0.3) is 0 Å². The van der Waals surface area contributed by atoms with E-state index < -0.39 is 0 Å². The normalized spacial score (nSPS) is 10.3. The van der Waals surface area contributed by atoms with Crippen LogP contribution in [0, 0.1) is 0 Å². The van der Waals surface area contributed by atoms with Gasteiger partial charge in [0.2, 0.25) is 0 Å². The second kappa shape index (κ2) is 7.67. The zero-order valence-electron chi connectivity index (χ0n) is 7.18. The van der Waals surface area contributed by atoms with Gasteiger partial charge in [-0.3, -0.25) is 0 Å². The van der Waals surface area contributed by atoms with Gasteiger partial charge in [-0.1, -0.05) is 37.0 Å². The van der Waals surface area contributed by atoms with Crippen LogP contribution < -0.4 is 0 Å². The van der Waals surface area contributed by atoms with E-state index in [1.807, 2.05) is 24.8 Å². The zero-order chi connectivity index (χ0) is 8.53. The van der Waals surface area contributed by atoms with Gasteiger partial charge < -0.3 is 0 Å². The summed E-state index contributed by atoms with van der Waals surface area (Å²) in [6.07, 6.45) is 7.14. The number of thioether (sulfide) groups is 1. The summed E-state index contributed by atoms with van der Waals surface area (Å²) in [6.45, 7) is 9.54. The molecule has 0 unspecified atom stereocenters. The molecule has 0 radical (unpaired) electrons. The van der Waals surface area contributed by atoms with E-state index in [4.69, 9.17) is 0 Å². The highest BCUT2D eigenvalue weighted by molar-refractivity contribution is 7.99. The summed E-state index contributed by atoms with van der Waals surface area (Å²) in [6, 6.07) is 0. The lowest BCUT2D eigenvalue weighted by Gasteiger charge is -1.97. The molecule has 0 spiro atoms. The van der Waals surface area contributed by atoms with E-state index in [-0.39, 0.29) is 0 Å². The van der Waals surface area contributed by atoms with Gasteiger partial charge in [-0.2, -0.15) is 11.8 Å². The molecule has 0 saturated heterocycles. The molecule has 0 atom stereocenters. The monoisotopic (exact) mass is 168 g/mol. The van der Waals surface area contributed by atoms with Crippen LogP contribution in [0.15, 0.2) is 37.0 Å². The molecule has 0 aromatic rings. The summed E-state index contributed by atoms with van der Waals surface area (Å²) in [5.41, 5.74) is 1.14. The number of allylic oxidation sites excluding steroid dienone is 3. The minimum Gasteiger partial charge on any atom is -0.158 e. The molecule has 0 aliphatic heterocycles. The Hall–Kier alpha value is -0.430. The van der Waals surface area contributed by atoms with Gasteiger partial charge in [0.15, 0.2) is 0 Å². The smallest absolute Gasteiger partial charge is 0.0113 e. The fourth-order valence-corrected chi connectivity index (χ4v) is 1.45. The Kier molecular flexibility index (Phi) is 7.37. The van der Waals surface area contributed by atoms with Crippen LogP contribution in [0.25, 0.3) is 0 Å². The third kappa shape index (κ3) is 7.47. The fraction of sp³-hybridized carbons (Fsp3) is 0.400. The summed E-state index contributed by atoms with van der Waals surface area (Å²) in [4.78, 5) is 0. The van der Waals surface area contributed by atoms with Gasteiger partial charge in [-0.05, 0) is 19.1 Å². The van der Waals surface area contributed by atoms with Crippen LogP contribution in [0.1, 0.15) is 13.3 Å². The first-order valence-electron chi connectivity index (χ1n) is 3.80. The Morgan fingerprint density at radius 2 is 2.27 bits per heavy atom. The summed E-state index contributed by atoms with van der Waals surface area (Å²) < 4.78 is 0. The molecular weight excluding hydrogens is 152 g/mol. The quantitative estimate of drug-likeness (QED) is 0.332. The van der Waals surface area contributed by atoms with Crippen molar-refractivity contribution >= 4 is 11.8 Å². The molecule has 1 heteroatoms. The molecule has 0 heterocycles. The maximum Gasteiger partial charge on any atom is 0.0113 e. The predicted octanol–water partition coefficient (Wildman–Crippen LogP) is 3.43. The molecule has 0 amide bonds. The first-order chi connectivity index (χ1) is 5.31. The van der Waals surface area contributed by atoms with Crippen molar-refractivity contribution in [1.29, 1.82) is 0 Å². The SMILES string of the molecule is C=CC(=C)CCSC/C=C\C. The van der Waals surface area contributed by atoms with Gasteiger partial charge in [-0.25, -0.2) is 0 Å². The second-order valence-electron chi connectivity index (χ2n) is 2.26. The standard InChI is InChI=1S/C10H16S/c1-4-6-8-11-9-7-10(3)5-2/h4-6H,2-3,7-9H2,1H3/b6-4-. The molecule has 62 valence electrons. The molecule has 11 heavy (non-hydrogen) atoms. The fourth-order valence-electron chi connectivity index (χ4n) is 0.553. The van der Waals surface area contributed by atoms with Gasteiger partial charge in [0.05, 0.1) is 0 Å². The first-order valence-corrected chi connectivity index (χ1v) is 4.96. The highest BCUT2D eigenvalue weighted by Crippen LogP contribution is 2.07. The van der Waals surface area contributed by atoms with Crippen molar-refractivity contribution in [2.75, 3.05) is 11.5 Å². The average Bonchev–Trinajstić information content (AvgIpc) is 2.04. The van der Waals surface area contributed by atoms with E-state index in [9.17, 15) is 0 Å². The Morgan fingerprint density at radius 3 is 2.82 bits per heavy atom. The van der Waals surface area contributed by atoms with Gasteiger partial charge in [-0.15, -0.1) is 0 Å². The molecule has 0 bridgehead atoms. The van der Waals surface area contributed by atoms with E-state index in [1.165, 1.54) is 0 Å². The zero-order valence-corrected chi connectivity index (χ0v) is 7.99. The molecule has 0 rings (SSSR count). The van der Waals surface area contributed by atoms with Crippen LogP contribution in [-0.2, 0) is 0 Å². The average molecular weight is 168 g/mol. The molecule has 0 aromatic carbocycles. The lowest BCUT2D eigenvalue weighted by Crippen LogP contribution is -1.81. The minimum atomic E-state index is 1.06. The Labute approximate surface area is 74.1 Å². The second-order valence-corrected chi connectivity index (χ2v) is 3.41. The Morgan fingerprint density at radius 1 is 1.55 bits per heavy atom. The topological polar surface area (TPSA) is 0 Å². The molecule has 0 aromatic heterocycles. The van der Waals surface area contributed by atoms with E-state index in [1.54, 1.807) is 0 Å². The minimum absolute atomic E-state index is 1.06. The van der Waals surface area contributed by atoms with E-state index in [2.05, 4.69) is 25.3 Å². The van der Waals surface area contributed by atoms with Crippen molar-refractivity contribution in [3.8, 4) is 0 Å². The van der Waals surface area contributed by atoms with Crippen LogP contribution in [-0.4, -0.2) is 11.5 Å². The lowest BCUT2D eigenvalue weighted by atomic mass is 10.2. The maximum atomic E-state index is 3.84. The van der Waals surface area contributed by atoms with Crippen molar-refractivity contribution in [2.24, 2.45) is 0 Å². The highest BCUT2D eigenvalue weighted by Gasteiger charge is 1.87. The summed E-state index contributed by atoms with van der Waals surface area (Å²) in [5, 5.41) is 0. The third-order valence-electron chi connectivity index (χ3n) is 1.31. The van der Waals surface area contributed by atoms with E-state index in [0.717, 1.165) is 23.5 Å². The molecule has 0 saturated carbocycles. The largest absolute Gasteiger partial charge is 0.158 e. The van der Waals surface area contributed by atoms with Crippen LogP contribution in [0.2, 0.25) is 0 Å². The summed E-state index contributed by atoms with van der Waals surface area (Å²) >= 11 is 1.93. The summed E-state index contributed by atoms with van der Waals surface area (Å²) in [5.74, 6) is 2.26. The molecule has 0 aliphatic rings. The summed E-state index contributed by atoms with van der Waals surface area (Å²) in [7, 11) is 0. The maximum absolute atomic E-state index is 3.84. The van der Waals surface area contributed by atoms with Crippen molar-refractivity contribution in [1.82, 2.24) is 0 Å². The van der Waals surface area contributed by atoms with Crippen LogP contribution in [0.5, 0.6) is 0 Å². The van der Waals surface area contributed by atoms with Crippen molar-refractivity contribution in [3.05, 3.63) is 37.0 Å². The molecule has 0 N–H and O–H groups in total. The van der Waals surface area contributed by atoms with Crippen LogP contribution >= 0.6 is 11.8 Å². The number of hydrogen-bond acceptors (Lipinski definition) is 1. The first kappa shape index (κ1) is 10.6. The van der Waals surface area contributed by atoms with Gasteiger partial charge in [0.1, 0.15) is 0 Å². The van der Waals surface area contributed by atoms with Crippen LogP contribution in [0.4, 0.5) is 0 Å². The third-order valence-corrected chi connectivity index (χ3v) is 2.23. The Balaban J connectivity index is 3.14. The van der Waals surface area contributed by atoms with Gasteiger partial charge >= 0.3 is 0 Å². The predicted molar refractivity (Wildman–Crippen MR) is 56.1 cm³/mol.